The van der Waals surface area contributed by atoms with E-state index in [4.69, 9.17) is 5.41 Å². The van der Waals surface area contributed by atoms with Crippen LogP contribution in [0.25, 0.3) is 0 Å². The number of rotatable bonds is 7. The van der Waals surface area contributed by atoms with Gasteiger partial charge < -0.3 is 4.90 Å². The summed E-state index contributed by atoms with van der Waals surface area (Å²) >= 11 is 0. The molecule has 0 amide bonds. The summed E-state index contributed by atoms with van der Waals surface area (Å²) < 4.78 is 71.0. The summed E-state index contributed by atoms with van der Waals surface area (Å²) in [6.07, 6.45) is 3.34. The molecule has 1 N–H and O–H groups in total. The molecule has 0 spiro atoms. The van der Waals surface area contributed by atoms with Crippen LogP contribution in [-0.2, 0) is 0 Å². The van der Waals surface area contributed by atoms with Gasteiger partial charge in [-0.1, -0.05) is 0 Å². The van der Waals surface area contributed by atoms with Gasteiger partial charge in [-0.05, 0) is 19.8 Å². The van der Waals surface area contributed by atoms with E-state index in [0.29, 0.717) is 12.3 Å². The van der Waals surface area contributed by atoms with E-state index in [2.05, 4.69) is 6.92 Å². The molecule has 0 atom stereocenters. The number of nitrogens with one attached hydrogen (secondary N) is 1. The molecule has 0 rings (SSSR count). The molecule has 0 aliphatic carbocycles. The Balaban J connectivity index is 0. The minimum atomic E-state index is -10.7. The zero-order chi connectivity index (χ0) is 16.5. The van der Waals surface area contributed by atoms with Gasteiger partial charge in [-0.15, -0.1) is 0 Å². The number of halogens is 7. The molecule has 0 aromatic heterocycles. The molecule has 124 valence electrons. The Morgan fingerprint density at radius 3 is 1.70 bits per heavy atom. The van der Waals surface area contributed by atoms with E-state index in [1.165, 1.54) is 0 Å². The third kappa shape index (κ3) is 30.4. The number of unbranched alkanes of at least 4 members (excludes halogenated alkanes) is 2. The summed E-state index contributed by atoms with van der Waals surface area (Å²) in [5.74, 6) is 0.576. The second kappa shape index (κ2) is 7.33. The van der Waals surface area contributed by atoms with Gasteiger partial charge in [0.25, 0.3) is 0 Å². The topological polar surface area (TPSA) is 27.1 Å². The zero-order valence-electron chi connectivity index (χ0n) is 11.2. The van der Waals surface area contributed by atoms with Crippen molar-refractivity contribution in [3.63, 3.8) is 0 Å². The van der Waals surface area contributed by atoms with E-state index in [9.17, 15) is 29.6 Å². The SMILES string of the molecule is F[P-](F)(F)(F)(F)F.[CH2+]CCCN(CCCCF)C(C)=N. The van der Waals surface area contributed by atoms with Gasteiger partial charge in [0.15, 0.2) is 0 Å². The third-order valence-corrected chi connectivity index (χ3v) is 1.96. The second-order valence-electron chi connectivity index (χ2n) is 4.13. The maximum absolute atomic E-state index is 11.8. The molecule has 0 aliphatic rings. The Hall–Kier alpha value is -0.720. The summed E-state index contributed by atoms with van der Waals surface area (Å²) in [6, 6.07) is 0. The normalized spacial score (nSPS) is 14.6. The van der Waals surface area contributed by atoms with E-state index in [1.54, 1.807) is 6.92 Å². The molecule has 0 aromatic rings. The Bertz CT molecular complexity index is 276. The van der Waals surface area contributed by atoms with Crippen LogP contribution in [0.5, 0.6) is 0 Å². The van der Waals surface area contributed by atoms with Gasteiger partial charge >= 0.3 is 33.0 Å². The van der Waals surface area contributed by atoms with Crippen LogP contribution < -0.4 is 0 Å². The van der Waals surface area contributed by atoms with Crippen LogP contribution in [0.15, 0.2) is 0 Å². The van der Waals surface area contributed by atoms with Crippen LogP contribution in [0.2, 0.25) is 0 Å². The van der Waals surface area contributed by atoms with E-state index < -0.39 is 7.81 Å². The average molecular weight is 332 g/mol. The smallest absolute Gasteiger partial charge is 0.0925 e. The second-order valence-corrected chi connectivity index (χ2v) is 6.05. The molecule has 0 radical (unpaired) electrons. The molecule has 0 heterocycles. The molecule has 0 aromatic carbocycles. The van der Waals surface area contributed by atoms with Gasteiger partial charge in [0, 0.05) is 19.5 Å². The summed E-state index contributed by atoms with van der Waals surface area (Å²) in [5, 5.41) is 7.48. The molecule has 0 saturated carbocycles. The van der Waals surface area contributed by atoms with Crippen molar-refractivity contribution >= 4 is 13.6 Å². The Labute approximate surface area is 114 Å². The standard InChI is InChI=1S/C10H20FN2.F6P/c1-3-4-8-13(10(2)12)9-6-5-7-11;1-7(2,3,4,5)6/h12H,1,3-9H2,2H3;/q+1;-1. The molecule has 10 heteroatoms. The fourth-order valence-electron chi connectivity index (χ4n) is 1.15. The number of alkyl halides is 1. The first-order valence-corrected chi connectivity index (χ1v) is 7.92. The van der Waals surface area contributed by atoms with Gasteiger partial charge in [0.2, 0.25) is 0 Å². The van der Waals surface area contributed by atoms with Gasteiger partial charge in [-0.2, -0.15) is 0 Å². The Kier molecular flexibility index (Phi) is 7.91. The summed E-state index contributed by atoms with van der Waals surface area (Å²) in [5.41, 5.74) is 0. The first-order valence-electron chi connectivity index (χ1n) is 5.89. The van der Waals surface area contributed by atoms with Crippen molar-refractivity contribution in [2.24, 2.45) is 0 Å². The van der Waals surface area contributed by atoms with E-state index in [1.807, 2.05) is 4.90 Å². The fraction of sp³-hybridized carbons (Fsp3) is 0.800. The van der Waals surface area contributed by atoms with Gasteiger partial charge in [0.05, 0.1) is 25.9 Å². The van der Waals surface area contributed by atoms with E-state index >= 15 is 0 Å². The van der Waals surface area contributed by atoms with Crippen molar-refractivity contribution < 1.29 is 29.6 Å². The predicted octanol–water partition coefficient (Wildman–Crippen LogP) is 6.03. The van der Waals surface area contributed by atoms with Crippen molar-refractivity contribution in [1.29, 1.82) is 5.41 Å². The van der Waals surface area contributed by atoms with Crippen LogP contribution in [0.3, 0.4) is 0 Å². The van der Waals surface area contributed by atoms with Crippen LogP contribution in [0.1, 0.15) is 32.6 Å². The van der Waals surface area contributed by atoms with Crippen molar-refractivity contribution in [2.45, 2.75) is 32.6 Å². The Morgan fingerprint density at radius 1 is 1.00 bits per heavy atom. The van der Waals surface area contributed by atoms with Crippen LogP contribution >= 0.6 is 7.81 Å². The molecule has 0 fully saturated rings. The van der Waals surface area contributed by atoms with Crippen LogP contribution in [-0.4, -0.2) is 30.5 Å². The maximum Gasteiger partial charge on any atom is 0.0925 e. The van der Waals surface area contributed by atoms with Crippen LogP contribution in [0, 0.1) is 12.3 Å². The summed E-state index contributed by atoms with van der Waals surface area (Å²) in [6.45, 7) is 6.97. The number of hydrogen-bond donors (Lipinski definition) is 1. The van der Waals surface area contributed by atoms with Crippen molar-refractivity contribution in [3.8, 4) is 0 Å². The Morgan fingerprint density at radius 2 is 1.40 bits per heavy atom. The quantitative estimate of drug-likeness (QED) is 0.151. The third-order valence-electron chi connectivity index (χ3n) is 1.96. The maximum atomic E-state index is 11.8. The van der Waals surface area contributed by atoms with Gasteiger partial charge in [-0.25, -0.2) is 0 Å². The molecule has 0 unspecified atom stereocenters. The minimum absolute atomic E-state index is 0.250. The van der Waals surface area contributed by atoms with Crippen molar-refractivity contribution in [1.82, 2.24) is 4.90 Å². The minimum Gasteiger partial charge on any atom is -0.361 e. The monoisotopic (exact) mass is 332 g/mol. The zero-order valence-corrected chi connectivity index (χ0v) is 12.1. The molecule has 20 heavy (non-hydrogen) atoms. The molecular formula is C10H20F7N2P. The summed E-state index contributed by atoms with van der Waals surface area (Å²) in [7, 11) is -10.7. The van der Waals surface area contributed by atoms with Crippen molar-refractivity contribution in [3.05, 3.63) is 6.92 Å². The van der Waals surface area contributed by atoms with E-state index in [0.717, 1.165) is 32.4 Å². The van der Waals surface area contributed by atoms with Gasteiger partial charge in [-0.3, -0.25) is 9.80 Å². The van der Waals surface area contributed by atoms with E-state index in [-0.39, 0.29) is 6.67 Å². The predicted molar refractivity (Wildman–Crippen MR) is 68.3 cm³/mol. The van der Waals surface area contributed by atoms with Crippen molar-refractivity contribution in [2.75, 3.05) is 19.8 Å². The fourth-order valence-corrected chi connectivity index (χ4v) is 1.15. The summed E-state index contributed by atoms with van der Waals surface area (Å²) in [4.78, 5) is 1.99. The molecule has 0 bridgehead atoms. The first-order chi connectivity index (χ1) is 8.67. The average Bonchev–Trinajstić information content (AvgIpc) is 2.18. The van der Waals surface area contributed by atoms with Crippen LogP contribution in [0.4, 0.5) is 29.6 Å². The number of amidine groups is 1. The largest absolute Gasteiger partial charge is 0.361 e. The van der Waals surface area contributed by atoms with Gasteiger partial charge in [0.1, 0.15) is 0 Å². The molecule has 2 nitrogen and oxygen atoms in total. The molecule has 0 aliphatic heterocycles. The number of hydrogen-bond acceptors (Lipinski definition) is 1. The molecular weight excluding hydrogens is 312 g/mol. The first kappa shape index (κ1) is 21.6. The number of nitrogens with zero attached hydrogens (tertiary/aromatic N) is 1. The molecule has 0 saturated heterocycles.